The summed E-state index contributed by atoms with van der Waals surface area (Å²) >= 11 is 0. The van der Waals surface area contributed by atoms with Gasteiger partial charge >= 0.3 is 0 Å². The van der Waals surface area contributed by atoms with Crippen LogP contribution in [0, 0.1) is 17.8 Å². The van der Waals surface area contributed by atoms with Gasteiger partial charge in [-0.3, -0.25) is 13.7 Å². The van der Waals surface area contributed by atoms with Crippen LogP contribution in [0.25, 0.3) is 0 Å². The van der Waals surface area contributed by atoms with Crippen molar-refractivity contribution < 1.29 is 43.8 Å². The Morgan fingerprint density at radius 3 is 0.735 bits per heavy atom. The molecule has 0 aliphatic heterocycles. The SMILES string of the molecule is CCCCCCCCCCCCC(C)C(C)(C)[NH+](C(C)(C)C(C)CCCCCCCCCCCC)C(C)(C)C(C)CCCCCCCCCCCC.O=S(=O)(O)c1cccc(P(c2cccc(S(=O)(=O)O)c2)c2cccc(S(=O)(=O)O)c2)c1. The molecule has 3 aromatic carbocycles. The van der Waals surface area contributed by atoms with Crippen LogP contribution in [0.2, 0.25) is 0 Å². The Bertz CT molecular complexity index is 2290. The molecule has 0 bridgehead atoms. The van der Waals surface area contributed by atoms with E-state index in [9.17, 15) is 38.9 Å². The average Bonchev–Trinajstić information content (AvgIpc) is 3.17. The summed E-state index contributed by atoms with van der Waals surface area (Å²) in [5.74, 6) is 2.18. The van der Waals surface area contributed by atoms with E-state index < -0.39 is 53.0 Å². The van der Waals surface area contributed by atoms with Crippen molar-refractivity contribution in [3.8, 4) is 0 Å². The molecular formula is C69H121NO9PS3+. The second kappa shape index (κ2) is 39.6. The molecule has 0 saturated carbocycles. The van der Waals surface area contributed by atoms with Crippen molar-refractivity contribution in [1.82, 2.24) is 0 Å². The van der Waals surface area contributed by atoms with Gasteiger partial charge in [-0.25, -0.2) is 0 Å². The van der Waals surface area contributed by atoms with Crippen LogP contribution in [0.15, 0.2) is 87.5 Å². The van der Waals surface area contributed by atoms with Crippen molar-refractivity contribution in [1.29, 1.82) is 0 Å². The Morgan fingerprint density at radius 1 is 0.349 bits per heavy atom. The number of unbranched alkanes of at least 4 members (excludes halogenated alkanes) is 27. The molecule has 0 saturated heterocycles. The van der Waals surface area contributed by atoms with Crippen LogP contribution in [-0.4, -0.2) is 55.5 Å². The molecule has 3 aromatic rings. The van der Waals surface area contributed by atoms with Crippen molar-refractivity contribution in [2.24, 2.45) is 17.8 Å². The zero-order chi connectivity index (χ0) is 62.2. The summed E-state index contributed by atoms with van der Waals surface area (Å²) in [5.41, 5.74) is 0.721. The maximum atomic E-state index is 11.6. The zero-order valence-corrected chi connectivity index (χ0v) is 57.8. The number of nitrogens with one attached hydrogen (secondary N) is 1. The molecule has 0 aliphatic rings. The number of rotatable bonds is 45. The average molecular weight is 1240 g/mol. The maximum Gasteiger partial charge on any atom is 0.294 e. The maximum absolute atomic E-state index is 11.6. The predicted octanol–water partition coefficient (Wildman–Crippen LogP) is 18.2. The van der Waals surface area contributed by atoms with Crippen molar-refractivity contribution in [3.63, 3.8) is 0 Å². The summed E-state index contributed by atoms with van der Waals surface area (Å²) in [6.07, 6.45) is 47.2. The molecule has 14 heteroatoms. The monoisotopic (exact) mass is 1230 g/mol. The molecule has 0 aliphatic carbocycles. The van der Waals surface area contributed by atoms with E-state index in [-0.39, 0.29) is 16.6 Å². The lowest BCUT2D eigenvalue weighted by molar-refractivity contribution is -1.04. The number of benzene rings is 3. The highest BCUT2D eigenvalue weighted by molar-refractivity contribution is 7.86. The topological polar surface area (TPSA) is 168 Å². The molecule has 0 radical (unpaired) electrons. The summed E-state index contributed by atoms with van der Waals surface area (Å²) in [4.78, 5) is 0.685. The Labute approximate surface area is 511 Å². The van der Waals surface area contributed by atoms with Gasteiger partial charge in [0.15, 0.2) is 0 Å². The molecular weight excluding hydrogens is 1110 g/mol. The fraction of sp³-hybridized carbons (Fsp3) is 0.739. The third-order valence-electron chi connectivity index (χ3n) is 18.7. The van der Waals surface area contributed by atoms with Crippen LogP contribution in [-0.2, 0) is 30.4 Å². The zero-order valence-electron chi connectivity index (χ0n) is 54.5. The first-order valence-corrected chi connectivity index (χ1v) is 38.7. The van der Waals surface area contributed by atoms with Crippen molar-refractivity contribution in [2.45, 2.75) is 326 Å². The molecule has 10 nitrogen and oxygen atoms in total. The van der Waals surface area contributed by atoms with Gasteiger partial charge in [0.1, 0.15) is 0 Å². The largest absolute Gasteiger partial charge is 0.321 e. The van der Waals surface area contributed by atoms with E-state index in [0.29, 0.717) is 15.9 Å². The first kappa shape index (κ1) is 76.9. The van der Waals surface area contributed by atoms with Gasteiger partial charge in [0.05, 0.1) is 31.3 Å². The quantitative estimate of drug-likeness (QED) is 0.0245. The van der Waals surface area contributed by atoms with E-state index in [1.54, 1.807) is 0 Å². The summed E-state index contributed by atoms with van der Waals surface area (Å²) in [6, 6.07) is 15.7. The Morgan fingerprint density at radius 2 is 0.542 bits per heavy atom. The molecule has 0 aromatic heterocycles. The molecule has 478 valence electrons. The van der Waals surface area contributed by atoms with Crippen molar-refractivity contribution in [2.75, 3.05) is 0 Å². The first-order valence-electron chi connectivity index (χ1n) is 33.0. The summed E-state index contributed by atoms with van der Waals surface area (Å²) in [7, 11) is -15.4. The minimum Gasteiger partial charge on any atom is -0.321 e. The van der Waals surface area contributed by atoms with Crippen molar-refractivity contribution in [3.05, 3.63) is 72.8 Å². The smallest absolute Gasteiger partial charge is 0.294 e. The van der Waals surface area contributed by atoms with E-state index in [4.69, 9.17) is 0 Å². The minimum absolute atomic E-state index is 0.240. The van der Waals surface area contributed by atoms with Crippen LogP contribution in [0.3, 0.4) is 0 Å². The van der Waals surface area contributed by atoms with Gasteiger partial charge in [0.2, 0.25) is 0 Å². The van der Waals surface area contributed by atoms with Crippen LogP contribution < -0.4 is 20.8 Å². The molecule has 3 atom stereocenters. The fourth-order valence-corrected chi connectivity index (χ4v) is 17.2. The summed E-state index contributed by atoms with van der Waals surface area (Å²) in [5, 5.41) is 1.01. The van der Waals surface area contributed by atoms with Crippen LogP contribution >= 0.6 is 7.92 Å². The lowest BCUT2D eigenvalue weighted by Crippen LogP contribution is -3.33. The Balaban J connectivity index is 0.000000638. The Hall–Kier alpha value is -2.22. The fourth-order valence-electron chi connectivity index (χ4n) is 12.9. The standard InChI is InChI=1S/C51H105N.C18H15O9PS3/c1-13-16-19-22-25-28-31-34-37-40-43-46(4)49(7,8)52(50(9,10)47(5)44-41-38-35-32-29-26-23-20-17-14-2)51(11,12)48(6)45-42-39-36-33-30-27-24-21-18-15-3;19-29(20,21)16-7-1-4-13(10-16)28(14-5-2-8-17(11-14)30(22,23)24)15-6-3-9-18(12-15)31(25,26)27/h46-48H,13-45H2,1-12H3;1-12H,(H,19,20,21)(H,22,23,24)(H,25,26,27)/p+1. The van der Waals surface area contributed by atoms with Crippen molar-refractivity contribution >= 4 is 54.2 Å². The highest BCUT2D eigenvalue weighted by atomic mass is 32.2. The lowest BCUT2D eigenvalue weighted by Gasteiger charge is -2.59. The van der Waals surface area contributed by atoms with Gasteiger partial charge in [-0.05, 0) is 121 Å². The van der Waals surface area contributed by atoms with Gasteiger partial charge in [0.25, 0.3) is 30.4 Å². The summed E-state index contributed by atoms with van der Waals surface area (Å²) in [6.45, 7) is 30.9. The number of hydrogen-bond acceptors (Lipinski definition) is 6. The van der Waals surface area contributed by atoms with E-state index >= 15 is 0 Å². The summed E-state index contributed by atoms with van der Waals surface area (Å²) < 4.78 is 97.7. The van der Waals surface area contributed by atoms with Crippen LogP contribution in [0.4, 0.5) is 0 Å². The normalized spacial score (nSPS) is 14.3. The molecule has 3 unspecified atom stereocenters. The Kier molecular flexibility index (Phi) is 36.7. The van der Waals surface area contributed by atoms with E-state index in [1.807, 2.05) is 4.90 Å². The third kappa shape index (κ3) is 28.7. The van der Waals surface area contributed by atoms with Crippen LogP contribution in [0.5, 0.6) is 0 Å². The first-order chi connectivity index (χ1) is 39.1. The third-order valence-corrected chi connectivity index (χ3v) is 23.7. The molecule has 0 spiro atoms. The molecule has 4 N–H and O–H groups in total. The van der Waals surface area contributed by atoms with E-state index in [1.165, 1.54) is 266 Å². The highest BCUT2D eigenvalue weighted by Gasteiger charge is 2.55. The molecule has 83 heavy (non-hydrogen) atoms. The minimum atomic E-state index is -4.55. The molecule has 0 heterocycles. The van der Waals surface area contributed by atoms with Crippen LogP contribution in [0.1, 0.15) is 295 Å². The van der Waals surface area contributed by atoms with E-state index in [0.717, 1.165) is 36.0 Å². The molecule has 0 amide bonds. The number of hydrogen-bond donors (Lipinski definition) is 4. The molecule has 3 rings (SSSR count). The van der Waals surface area contributed by atoms with Gasteiger partial charge < -0.3 is 4.90 Å². The van der Waals surface area contributed by atoms with E-state index in [2.05, 4.69) is 83.1 Å². The second-order valence-corrected chi connectivity index (χ2v) is 32.9. The number of quaternary nitrogens is 1. The predicted molar refractivity (Wildman–Crippen MR) is 355 cm³/mol. The second-order valence-electron chi connectivity index (χ2n) is 26.4. The van der Waals surface area contributed by atoms with Gasteiger partial charge in [-0.2, -0.15) is 25.3 Å². The molecule has 0 fully saturated rings. The van der Waals surface area contributed by atoms with Gasteiger partial charge in [-0.1, -0.05) is 271 Å². The lowest BCUT2D eigenvalue weighted by atomic mass is 9.69. The van der Waals surface area contributed by atoms with Gasteiger partial charge in [-0.15, -0.1) is 0 Å². The van der Waals surface area contributed by atoms with Gasteiger partial charge in [0, 0.05) is 17.8 Å². The highest BCUT2D eigenvalue weighted by Crippen LogP contribution is 2.36.